The summed E-state index contributed by atoms with van der Waals surface area (Å²) in [4.78, 5) is 133. The molecule has 2 aromatic carbocycles. The highest BCUT2D eigenvalue weighted by atomic mass is 32.2. The number of rotatable bonds is 32. The Morgan fingerprint density at radius 1 is 0.562 bits per heavy atom. The first kappa shape index (κ1) is 62.3. The van der Waals surface area contributed by atoms with Crippen LogP contribution in [0.4, 0.5) is 0 Å². The third kappa shape index (κ3) is 22.2. The van der Waals surface area contributed by atoms with E-state index in [-0.39, 0.29) is 25.0 Å². The Morgan fingerprint density at radius 3 is 1.53 bits per heavy atom. The fourth-order valence-corrected chi connectivity index (χ4v) is 7.48. The number of primary amides is 1. The summed E-state index contributed by atoms with van der Waals surface area (Å²) >= 11 is 1.35. The van der Waals surface area contributed by atoms with Crippen molar-refractivity contribution >= 4 is 70.9 Å². The molecule has 0 spiro atoms. The summed E-state index contributed by atoms with van der Waals surface area (Å²) in [6.07, 6.45) is 0.642. The van der Waals surface area contributed by atoms with E-state index >= 15 is 0 Å². The standard InChI is InChI=1S/C48H73N11O13S/c1-25(2)38(58-40(63)26(3)52-42(65)32(50)14-10-11-20-49)46(69)57-35(23-30-15-17-31(61)18-16-30)44(67)56-36(24-37(51)62)45(68)55-34(22-29-12-8-7-9-13-29)43(66)53-27(4)41(64)59-39(28(5)60)47(70)54-33(48(71)72)19-21-73-6/h7-9,12-13,15-18,25-28,32-36,38-39,60-61H,10-11,14,19-24,49-50H2,1-6H3,(H2,51,62)(H,52,65)(H,53,66)(H,54,70)(H,55,68)(H,56,67)(H,57,69)(H,58,63)(H,59,64)(H,71,72)/t26-,27-,28+,32-,33-,34-,35-,36-,38-,39-/m0/s1. The molecular weight excluding hydrogens is 971 g/mol. The molecule has 24 nitrogen and oxygen atoms in total. The number of hydrogen-bond donors (Lipinski definition) is 14. The van der Waals surface area contributed by atoms with Gasteiger partial charge in [0.15, 0.2) is 0 Å². The summed E-state index contributed by atoms with van der Waals surface area (Å²) in [5.41, 5.74) is 18.0. The van der Waals surface area contributed by atoms with Crippen molar-refractivity contribution < 1.29 is 63.3 Å². The maximum atomic E-state index is 14.2. The Balaban J connectivity index is 2.39. The van der Waals surface area contributed by atoms with E-state index in [4.69, 9.17) is 17.2 Å². The summed E-state index contributed by atoms with van der Waals surface area (Å²) in [7, 11) is 0. The van der Waals surface area contributed by atoms with E-state index < -0.39 is 132 Å². The summed E-state index contributed by atoms with van der Waals surface area (Å²) in [5, 5.41) is 49.6. The number of carbonyl (C=O) groups excluding carboxylic acids is 9. The molecule has 0 aliphatic carbocycles. The summed E-state index contributed by atoms with van der Waals surface area (Å²) in [6, 6.07) is 1.45. The van der Waals surface area contributed by atoms with Gasteiger partial charge in [-0.05, 0) is 87.8 Å². The first-order valence-electron chi connectivity index (χ1n) is 23.8. The molecule has 2 aromatic rings. The van der Waals surface area contributed by atoms with Gasteiger partial charge >= 0.3 is 5.97 Å². The van der Waals surface area contributed by atoms with Crippen LogP contribution in [0.5, 0.6) is 5.75 Å². The van der Waals surface area contributed by atoms with Gasteiger partial charge < -0.3 is 75.1 Å². The van der Waals surface area contributed by atoms with E-state index in [1.165, 1.54) is 56.8 Å². The minimum absolute atomic E-state index is 0.0572. The lowest BCUT2D eigenvalue weighted by Gasteiger charge is -2.28. The van der Waals surface area contributed by atoms with Crippen molar-refractivity contribution in [3.63, 3.8) is 0 Å². The minimum Gasteiger partial charge on any atom is -0.508 e. The average Bonchev–Trinajstić information content (AvgIpc) is 3.33. The molecule has 2 rings (SSSR count). The number of carboxylic acids is 1. The highest BCUT2D eigenvalue weighted by Crippen LogP contribution is 2.14. The van der Waals surface area contributed by atoms with Gasteiger partial charge in [-0.25, -0.2) is 4.79 Å². The van der Waals surface area contributed by atoms with Crippen molar-refractivity contribution in [3.8, 4) is 5.75 Å². The lowest BCUT2D eigenvalue weighted by Crippen LogP contribution is -2.61. The molecule has 10 atom stereocenters. The van der Waals surface area contributed by atoms with Crippen molar-refractivity contribution in [3.05, 3.63) is 65.7 Å². The van der Waals surface area contributed by atoms with Crippen LogP contribution in [0.15, 0.2) is 54.6 Å². The number of amides is 9. The second kappa shape index (κ2) is 31.6. The normalized spacial score (nSPS) is 15.2. The van der Waals surface area contributed by atoms with Crippen molar-refractivity contribution in [1.29, 1.82) is 0 Å². The van der Waals surface area contributed by atoms with Gasteiger partial charge in [0, 0.05) is 12.8 Å². The fraction of sp³-hybridized carbons (Fsp3) is 0.542. The van der Waals surface area contributed by atoms with Crippen LogP contribution in [0.2, 0.25) is 0 Å². The highest BCUT2D eigenvalue weighted by Gasteiger charge is 2.36. The van der Waals surface area contributed by atoms with Gasteiger partial charge in [0.1, 0.15) is 54.1 Å². The van der Waals surface area contributed by atoms with Crippen molar-refractivity contribution in [1.82, 2.24) is 42.5 Å². The molecule has 73 heavy (non-hydrogen) atoms. The predicted molar refractivity (Wildman–Crippen MR) is 271 cm³/mol. The SMILES string of the molecule is CSCC[C@H](NC(=O)[C@@H](NC(=O)[C@H](C)NC(=O)[C@H](Cc1ccccc1)NC(=O)[C@H](CC(N)=O)NC(=O)[C@H](Cc1ccc(O)cc1)NC(=O)[C@@H](NC(=O)[C@H](C)NC(=O)[C@@H](N)CCCCN)C(C)C)[C@@H](C)O)C(=O)O. The monoisotopic (exact) mass is 1040 g/mol. The van der Waals surface area contributed by atoms with E-state index in [2.05, 4.69) is 42.5 Å². The van der Waals surface area contributed by atoms with E-state index in [9.17, 15) is 63.3 Å². The number of aliphatic carboxylic acids is 1. The lowest BCUT2D eigenvalue weighted by molar-refractivity contribution is -0.143. The van der Waals surface area contributed by atoms with E-state index in [0.717, 1.165) is 0 Å². The molecule has 17 N–H and O–H groups in total. The third-order valence-corrected chi connectivity index (χ3v) is 12.0. The van der Waals surface area contributed by atoms with Gasteiger partial charge in [-0.3, -0.25) is 43.2 Å². The van der Waals surface area contributed by atoms with Crippen LogP contribution in [0, 0.1) is 5.92 Å². The van der Waals surface area contributed by atoms with Gasteiger partial charge in [-0.2, -0.15) is 11.8 Å². The summed E-state index contributed by atoms with van der Waals surface area (Å²) in [6.45, 7) is 7.51. The minimum atomic E-state index is -1.77. The zero-order valence-electron chi connectivity index (χ0n) is 42.0. The largest absolute Gasteiger partial charge is 0.508 e. The van der Waals surface area contributed by atoms with E-state index in [0.29, 0.717) is 42.7 Å². The van der Waals surface area contributed by atoms with Crippen LogP contribution in [-0.4, -0.2) is 153 Å². The van der Waals surface area contributed by atoms with Crippen molar-refractivity contribution in [2.75, 3.05) is 18.6 Å². The molecular formula is C48H73N11O13S. The molecule has 0 bridgehead atoms. The summed E-state index contributed by atoms with van der Waals surface area (Å²) in [5.74, 6) is -9.83. The zero-order valence-corrected chi connectivity index (χ0v) is 42.8. The third-order valence-electron chi connectivity index (χ3n) is 11.3. The molecule has 25 heteroatoms. The van der Waals surface area contributed by atoms with Crippen molar-refractivity contribution in [2.45, 2.75) is 140 Å². The van der Waals surface area contributed by atoms with Gasteiger partial charge in [0.2, 0.25) is 53.2 Å². The van der Waals surface area contributed by atoms with Crippen molar-refractivity contribution in [2.24, 2.45) is 23.1 Å². The molecule has 0 aliphatic heterocycles. The van der Waals surface area contributed by atoms with Gasteiger partial charge in [-0.15, -0.1) is 0 Å². The second-order valence-electron chi connectivity index (χ2n) is 17.9. The number of nitrogens with one attached hydrogen (secondary N) is 8. The number of unbranched alkanes of at least 4 members (excludes halogenated alkanes) is 1. The quantitative estimate of drug-likeness (QED) is 0.0332. The molecule has 9 amide bonds. The zero-order chi connectivity index (χ0) is 54.9. The maximum absolute atomic E-state index is 14.2. The number of aromatic hydroxyl groups is 1. The Hall–Kier alpha value is -6.83. The molecule has 0 unspecified atom stereocenters. The van der Waals surface area contributed by atoms with Crippen LogP contribution < -0.4 is 59.7 Å². The molecule has 404 valence electrons. The van der Waals surface area contributed by atoms with Crippen LogP contribution in [0.25, 0.3) is 0 Å². The Bertz CT molecular complexity index is 2190. The highest BCUT2D eigenvalue weighted by molar-refractivity contribution is 7.98. The molecule has 0 aliphatic rings. The number of aliphatic hydroxyl groups excluding tert-OH is 1. The van der Waals surface area contributed by atoms with Gasteiger partial charge in [0.25, 0.3) is 0 Å². The summed E-state index contributed by atoms with van der Waals surface area (Å²) < 4.78 is 0. The first-order valence-corrected chi connectivity index (χ1v) is 25.2. The lowest BCUT2D eigenvalue weighted by atomic mass is 10.00. The van der Waals surface area contributed by atoms with Gasteiger partial charge in [0.05, 0.1) is 18.6 Å². The van der Waals surface area contributed by atoms with E-state index in [1.807, 2.05) is 0 Å². The molecule has 0 radical (unpaired) electrons. The molecule has 0 fully saturated rings. The van der Waals surface area contributed by atoms with E-state index in [1.54, 1.807) is 50.4 Å². The molecule has 0 aromatic heterocycles. The Labute approximate surface area is 428 Å². The number of carbonyl (C=O) groups is 10. The molecule has 0 saturated heterocycles. The topological polar surface area (TPSA) is 406 Å². The number of phenolic OH excluding ortho intramolecular Hbond substituents is 1. The predicted octanol–water partition coefficient (Wildman–Crippen LogP) is -2.70. The fourth-order valence-electron chi connectivity index (χ4n) is 7.01. The number of hydrogen-bond acceptors (Lipinski definition) is 15. The number of phenols is 1. The number of carboxylic acid groups (broad SMARTS) is 1. The average molecular weight is 1040 g/mol. The van der Waals surface area contributed by atoms with Crippen LogP contribution in [-0.2, 0) is 60.8 Å². The number of nitrogens with two attached hydrogens (primary N) is 3. The first-order chi connectivity index (χ1) is 34.4. The number of benzene rings is 2. The van der Waals surface area contributed by atoms with Crippen LogP contribution >= 0.6 is 11.8 Å². The van der Waals surface area contributed by atoms with Crippen LogP contribution in [0.3, 0.4) is 0 Å². The molecule has 0 saturated carbocycles. The number of thioether (sulfide) groups is 1. The Kier molecular flexibility index (Phi) is 27.0. The Morgan fingerprint density at radius 2 is 1.03 bits per heavy atom. The molecule has 0 heterocycles. The second-order valence-corrected chi connectivity index (χ2v) is 18.9. The number of aliphatic hydroxyl groups is 1. The van der Waals surface area contributed by atoms with Gasteiger partial charge in [-0.1, -0.05) is 62.7 Å². The smallest absolute Gasteiger partial charge is 0.326 e. The maximum Gasteiger partial charge on any atom is 0.326 e. The van der Waals surface area contributed by atoms with Crippen LogP contribution in [0.1, 0.15) is 77.8 Å².